The minimum atomic E-state index is -0.0515. The molecule has 0 aliphatic carbocycles. The third-order valence-corrected chi connectivity index (χ3v) is 2.79. The molecule has 0 saturated heterocycles. The standard InChI is InChI=1S/C13H10Cl2N2O/c1-8-6-13(18)17-12(16-8)5-3-9-2-4-10(14)7-11(9)15/h2-7H,1H3,(H,16,17,18)/b5-3+. The van der Waals surface area contributed by atoms with Crippen LogP contribution in [0.2, 0.25) is 10.0 Å². The van der Waals surface area contributed by atoms with Crippen molar-refractivity contribution in [1.29, 1.82) is 0 Å². The molecule has 2 aromatic rings. The summed E-state index contributed by atoms with van der Waals surface area (Å²) in [4.78, 5) is 8.05. The van der Waals surface area contributed by atoms with E-state index in [9.17, 15) is 5.11 Å². The van der Waals surface area contributed by atoms with Crippen molar-refractivity contribution in [3.05, 3.63) is 51.4 Å². The van der Waals surface area contributed by atoms with Crippen LogP contribution in [0.3, 0.4) is 0 Å². The summed E-state index contributed by atoms with van der Waals surface area (Å²) >= 11 is 11.8. The Morgan fingerprint density at radius 2 is 1.89 bits per heavy atom. The molecular weight excluding hydrogens is 271 g/mol. The van der Waals surface area contributed by atoms with Crippen molar-refractivity contribution in [2.45, 2.75) is 6.92 Å². The second-order valence-electron chi connectivity index (χ2n) is 3.72. The highest BCUT2D eigenvalue weighted by atomic mass is 35.5. The summed E-state index contributed by atoms with van der Waals surface area (Å²) in [6.45, 7) is 1.79. The molecule has 18 heavy (non-hydrogen) atoms. The molecule has 1 aromatic heterocycles. The van der Waals surface area contributed by atoms with Gasteiger partial charge in [0.2, 0.25) is 5.88 Å². The van der Waals surface area contributed by atoms with Gasteiger partial charge in [0.1, 0.15) is 0 Å². The minimum Gasteiger partial charge on any atom is -0.493 e. The molecule has 1 heterocycles. The van der Waals surface area contributed by atoms with Crippen LogP contribution in [0.5, 0.6) is 5.88 Å². The van der Waals surface area contributed by atoms with Crippen LogP contribution in [0.1, 0.15) is 17.1 Å². The molecule has 0 spiro atoms. The molecule has 0 aliphatic rings. The first-order valence-electron chi connectivity index (χ1n) is 5.22. The van der Waals surface area contributed by atoms with Crippen molar-refractivity contribution in [3.63, 3.8) is 0 Å². The number of halogens is 2. The van der Waals surface area contributed by atoms with Gasteiger partial charge in [-0.15, -0.1) is 0 Å². The third kappa shape index (κ3) is 3.22. The zero-order chi connectivity index (χ0) is 13.1. The lowest BCUT2D eigenvalue weighted by molar-refractivity contribution is 0.450. The summed E-state index contributed by atoms with van der Waals surface area (Å²) < 4.78 is 0. The predicted molar refractivity (Wildman–Crippen MR) is 73.8 cm³/mol. The van der Waals surface area contributed by atoms with Crippen LogP contribution in [0.15, 0.2) is 24.3 Å². The number of benzene rings is 1. The van der Waals surface area contributed by atoms with Crippen LogP contribution < -0.4 is 0 Å². The van der Waals surface area contributed by atoms with E-state index in [2.05, 4.69) is 9.97 Å². The van der Waals surface area contributed by atoms with Gasteiger partial charge < -0.3 is 5.11 Å². The number of rotatable bonds is 2. The maximum absolute atomic E-state index is 9.35. The summed E-state index contributed by atoms with van der Waals surface area (Å²) in [6.07, 6.45) is 3.45. The van der Waals surface area contributed by atoms with Crippen molar-refractivity contribution in [2.75, 3.05) is 0 Å². The molecule has 2 rings (SSSR count). The number of aromatic nitrogens is 2. The largest absolute Gasteiger partial charge is 0.493 e. The van der Waals surface area contributed by atoms with Crippen molar-refractivity contribution >= 4 is 35.4 Å². The van der Waals surface area contributed by atoms with E-state index in [1.165, 1.54) is 6.07 Å². The lowest BCUT2D eigenvalue weighted by Crippen LogP contribution is -1.90. The van der Waals surface area contributed by atoms with Crippen molar-refractivity contribution < 1.29 is 5.11 Å². The van der Waals surface area contributed by atoms with Crippen LogP contribution in [-0.2, 0) is 0 Å². The number of nitrogens with zero attached hydrogens (tertiary/aromatic N) is 2. The van der Waals surface area contributed by atoms with Crippen LogP contribution in [-0.4, -0.2) is 15.1 Å². The van der Waals surface area contributed by atoms with Crippen molar-refractivity contribution in [3.8, 4) is 5.88 Å². The Hall–Kier alpha value is -1.58. The number of aromatic hydroxyl groups is 1. The number of hydrogen-bond donors (Lipinski definition) is 1. The summed E-state index contributed by atoms with van der Waals surface area (Å²) in [5, 5.41) is 10.5. The summed E-state index contributed by atoms with van der Waals surface area (Å²) in [7, 11) is 0. The molecule has 0 atom stereocenters. The minimum absolute atomic E-state index is 0.0515. The second kappa shape index (κ2) is 5.38. The maximum Gasteiger partial charge on any atom is 0.214 e. The highest BCUT2D eigenvalue weighted by molar-refractivity contribution is 6.35. The van der Waals surface area contributed by atoms with E-state index in [0.717, 1.165) is 5.56 Å². The maximum atomic E-state index is 9.35. The molecule has 0 saturated carbocycles. The smallest absolute Gasteiger partial charge is 0.214 e. The van der Waals surface area contributed by atoms with Gasteiger partial charge in [0.25, 0.3) is 0 Å². The number of aryl methyl sites for hydroxylation is 1. The van der Waals surface area contributed by atoms with E-state index < -0.39 is 0 Å². The van der Waals surface area contributed by atoms with E-state index >= 15 is 0 Å². The SMILES string of the molecule is Cc1cc(O)nc(/C=C/c2ccc(Cl)cc2Cl)n1. The van der Waals surface area contributed by atoms with Gasteiger partial charge in [0, 0.05) is 21.8 Å². The lowest BCUT2D eigenvalue weighted by Gasteiger charge is -1.99. The first-order chi connectivity index (χ1) is 8.54. The predicted octanol–water partition coefficient (Wildman–Crippen LogP) is 3.97. The average molecular weight is 281 g/mol. The van der Waals surface area contributed by atoms with Gasteiger partial charge in [0.05, 0.1) is 0 Å². The first-order valence-corrected chi connectivity index (χ1v) is 5.98. The molecule has 1 N–H and O–H groups in total. The van der Waals surface area contributed by atoms with Crippen LogP contribution >= 0.6 is 23.2 Å². The van der Waals surface area contributed by atoms with Gasteiger partial charge in [-0.1, -0.05) is 29.3 Å². The average Bonchev–Trinajstić information content (AvgIpc) is 2.26. The van der Waals surface area contributed by atoms with Gasteiger partial charge in [-0.2, -0.15) is 4.98 Å². The lowest BCUT2D eigenvalue weighted by atomic mass is 10.2. The summed E-state index contributed by atoms with van der Waals surface area (Å²) in [5.74, 6) is 0.378. The summed E-state index contributed by atoms with van der Waals surface area (Å²) in [5.41, 5.74) is 1.51. The van der Waals surface area contributed by atoms with E-state index in [1.54, 1.807) is 37.3 Å². The monoisotopic (exact) mass is 280 g/mol. The van der Waals surface area contributed by atoms with Crippen LogP contribution in [0, 0.1) is 6.92 Å². The Morgan fingerprint density at radius 1 is 1.11 bits per heavy atom. The first kappa shape index (κ1) is 12.9. The quantitative estimate of drug-likeness (QED) is 0.906. The fourth-order valence-electron chi connectivity index (χ4n) is 1.45. The fraction of sp³-hybridized carbons (Fsp3) is 0.0769. The van der Waals surface area contributed by atoms with Crippen molar-refractivity contribution in [2.24, 2.45) is 0 Å². The van der Waals surface area contributed by atoms with E-state index in [-0.39, 0.29) is 5.88 Å². The van der Waals surface area contributed by atoms with Gasteiger partial charge in [-0.05, 0) is 36.8 Å². The zero-order valence-electron chi connectivity index (χ0n) is 9.56. The second-order valence-corrected chi connectivity index (χ2v) is 4.57. The van der Waals surface area contributed by atoms with E-state index in [0.29, 0.717) is 21.6 Å². The molecule has 1 aromatic carbocycles. The normalized spacial score (nSPS) is 11.1. The Labute approximate surface area is 115 Å². The molecule has 3 nitrogen and oxygen atoms in total. The highest BCUT2D eigenvalue weighted by Crippen LogP contribution is 2.22. The van der Waals surface area contributed by atoms with Crippen molar-refractivity contribution in [1.82, 2.24) is 9.97 Å². The molecule has 0 bridgehead atoms. The van der Waals surface area contributed by atoms with Crippen LogP contribution in [0.25, 0.3) is 12.2 Å². The topological polar surface area (TPSA) is 46.0 Å². The molecule has 0 radical (unpaired) electrons. The molecule has 0 unspecified atom stereocenters. The molecule has 5 heteroatoms. The highest BCUT2D eigenvalue weighted by Gasteiger charge is 2.00. The third-order valence-electron chi connectivity index (χ3n) is 2.23. The number of hydrogen-bond acceptors (Lipinski definition) is 3. The molecule has 0 aliphatic heterocycles. The van der Waals surface area contributed by atoms with E-state index in [1.807, 2.05) is 0 Å². The molecular formula is C13H10Cl2N2O. The van der Waals surface area contributed by atoms with Gasteiger partial charge in [0.15, 0.2) is 5.82 Å². The zero-order valence-corrected chi connectivity index (χ0v) is 11.1. The Morgan fingerprint density at radius 3 is 2.56 bits per heavy atom. The van der Waals surface area contributed by atoms with Crippen LogP contribution in [0.4, 0.5) is 0 Å². The molecule has 92 valence electrons. The fourth-order valence-corrected chi connectivity index (χ4v) is 1.92. The van der Waals surface area contributed by atoms with Gasteiger partial charge >= 0.3 is 0 Å². The summed E-state index contributed by atoms with van der Waals surface area (Å²) in [6, 6.07) is 6.71. The molecule has 0 fully saturated rings. The Kier molecular flexibility index (Phi) is 3.84. The molecule has 0 amide bonds. The Bertz CT molecular complexity index is 592. The Balaban J connectivity index is 2.29. The van der Waals surface area contributed by atoms with E-state index in [4.69, 9.17) is 23.2 Å². The van der Waals surface area contributed by atoms with Gasteiger partial charge in [-0.3, -0.25) is 0 Å². The van der Waals surface area contributed by atoms with Gasteiger partial charge in [-0.25, -0.2) is 4.98 Å².